The van der Waals surface area contributed by atoms with Gasteiger partial charge in [-0.3, -0.25) is 13.9 Å². The molecular weight excluding hydrogens is 402 g/mol. The van der Waals surface area contributed by atoms with Crippen molar-refractivity contribution in [1.82, 2.24) is 0 Å². The van der Waals surface area contributed by atoms with Crippen molar-refractivity contribution in [3.05, 3.63) is 53.1 Å². The first kappa shape index (κ1) is 21.8. The van der Waals surface area contributed by atoms with Crippen molar-refractivity contribution < 1.29 is 18.0 Å². The van der Waals surface area contributed by atoms with Gasteiger partial charge in [0.15, 0.2) is 0 Å². The third-order valence-corrected chi connectivity index (χ3v) is 6.29. The Morgan fingerprint density at radius 1 is 1.10 bits per heavy atom. The van der Waals surface area contributed by atoms with Gasteiger partial charge in [0, 0.05) is 24.3 Å². The fourth-order valence-corrected chi connectivity index (χ4v) is 4.59. The summed E-state index contributed by atoms with van der Waals surface area (Å²) in [6.45, 7) is 5.98. The summed E-state index contributed by atoms with van der Waals surface area (Å²) in [4.78, 5) is 26.5. The summed E-state index contributed by atoms with van der Waals surface area (Å²) < 4.78 is 25.8. The van der Waals surface area contributed by atoms with Gasteiger partial charge in [-0.2, -0.15) is 0 Å². The number of hydrogen-bond acceptors (Lipinski definition) is 4. The Morgan fingerprint density at radius 3 is 2.43 bits per heavy atom. The van der Waals surface area contributed by atoms with E-state index in [4.69, 9.17) is 0 Å². The Labute approximate surface area is 177 Å². The van der Waals surface area contributed by atoms with Gasteiger partial charge >= 0.3 is 0 Å². The average molecular weight is 430 g/mol. The quantitative estimate of drug-likeness (QED) is 0.764. The van der Waals surface area contributed by atoms with Gasteiger partial charge in [-0.15, -0.1) is 0 Å². The minimum absolute atomic E-state index is 0.0691. The SMILES string of the molecule is Cc1ccc(N(CC(=O)Nc2ccc(C)c(N3CCCC3=O)c2)S(C)(=O)=O)c(C)c1. The van der Waals surface area contributed by atoms with E-state index in [1.165, 1.54) is 0 Å². The van der Waals surface area contributed by atoms with Crippen LogP contribution in [0.1, 0.15) is 29.5 Å². The van der Waals surface area contributed by atoms with Crippen molar-refractivity contribution >= 4 is 38.9 Å². The maximum absolute atomic E-state index is 12.7. The summed E-state index contributed by atoms with van der Waals surface area (Å²) in [5, 5.41) is 2.77. The van der Waals surface area contributed by atoms with Gasteiger partial charge in [0.1, 0.15) is 6.54 Å². The second kappa shape index (κ2) is 8.47. The molecule has 1 N–H and O–H groups in total. The van der Waals surface area contributed by atoms with Crippen LogP contribution >= 0.6 is 0 Å². The largest absolute Gasteiger partial charge is 0.324 e. The van der Waals surface area contributed by atoms with Gasteiger partial charge in [0.2, 0.25) is 21.8 Å². The van der Waals surface area contributed by atoms with E-state index in [-0.39, 0.29) is 12.5 Å². The molecule has 2 aromatic rings. The van der Waals surface area contributed by atoms with Gasteiger partial charge < -0.3 is 10.2 Å². The van der Waals surface area contributed by atoms with E-state index in [0.717, 1.165) is 39.4 Å². The molecule has 0 aliphatic carbocycles. The molecular formula is C22H27N3O4S. The van der Waals surface area contributed by atoms with Crippen LogP contribution in [-0.2, 0) is 19.6 Å². The van der Waals surface area contributed by atoms with Crippen molar-refractivity contribution in [2.24, 2.45) is 0 Å². The van der Waals surface area contributed by atoms with E-state index in [1.807, 2.05) is 39.0 Å². The fraction of sp³-hybridized carbons (Fsp3) is 0.364. The maximum Gasteiger partial charge on any atom is 0.245 e. The number of sulfonamides is 1. The predicted molar refractivity (Wildman–Crippen MR) is 120 cm³/mol. The third kappa shape index (κ3) is 4.81. The molecule has 7 nitrogen and oxygen atoms in total. The van der Waals surface area contributed by atoms with Gasteiger partial charge in [-0.1, -0.05) is 23.8 Å². The molecule has 1 aliphatic heterocycles. The van der Waals surface area contributed by atoms with E-state index in [0.29, 0.717) is 24.3 Å². The lowest BCUT2D eigenvalue weighted by Crippen LogP contribution is -2.38. The lowest BCUT2D eigenvalue weighted by atomic mass is 10.1. The van der Waals surface area contributed by atoms with Crippen LogP contribution in [0.5, 0.6) is 0 Å². The number of hydrogen-bond donors (Lipinski definition) is 1. The van der Waals surface area contributed by atoms with Crippen molar-refractivity contribution in [3.63, 3.8) is 0 Å². The van der Waals surface area contributed by atoms with Crippen LogP contribution in [0.2, 0.25) is 0 Å². The highest BCUT2D eigenvalue weighted by molar-refractivity contribution is 7.92. The Hall–Kier alpha value is -2.87. The molecule has 1 saturated heterocycles. The number of benzene rings is 2. The molecule has 0 spiro atoms. The Morgan fingerprint density at radius 2 is 1.83 bits per heavy atom. The van der Waals surface area contributed by atoms with Crippen molar-refractivity contribution in [2.45, 2.75) is 33.6 Å². The van der Waals surface area contributed by atoms with Crippen LogP contribution in [0.25, 0.3) is 0 Å². The molecule has 30 heavy (non-hydrogen) atoms. The standard InChI is InChI=1S/C22H27N3O4S/c1-15-7-10-19(17(3)12-15)25(30(4,28)29)14-21(26)23-18-9-8-16(2)20(13-18)24-11-5-6-22(24)27/h7-10,12-13H,5-6,11,14H2,1-4H3,(H,23,26). The summed E-state index contributed by atoms with van der Waals surface area (Å²) in [7, 11) is -3.66. The topological polar surface area (TPSA) is 86.8 Å². The van der Waals surface area contributed by atoms with E-state index in [1.54, 1.807) is 23.1 Å². The van der Waals surface area contributed by atoms with Crippen molar-refractivity contribution in [3.8, 4) is 0 Å². The zero-order valence-corrected chi connectivity index (χ0v) is 18.5. The summed E-state index contributed by atoms with van der Waals surface area (Å²) in [5.41, 5.74) is 4.50. The van der Waals surface area contributed by atoms with Gasteiger partial charge in [0.25, 0.3) is 0 Å². The average Bonchev–Trinajstić information content (AvgIpc) is 3.07. The smallest absolute Gasteiger partial charge is 0.245 e. The summed E-state index contributed by atoms with van der Waals surface area (Å²) in [5.74, 6) is -0.386. The first-order valence-electron chi connectivity index (χ1n) is 9.82. The summed E-state index contributed by atoms with van der Waals surface area (Å²) in [6, 6.07) is 10.8. The molecule has 0 radical (unpaired) electrons. The van der Waals surface area contributed by atoms with Gasteiger partial charge in [-0.25, -0.2) is 8.42 Å². The van der Waals surface area contributed by atoms with Crippen LogP contribution in [0, 0.1) is 20.8 Å². The maximum atomic E-state index is 12.7. The van der Waals surface area contributed by atoms with Crippen LogP contribution in [0.3, 0.4) is 0 Å². The van der Waals surface area contributed by atoms with Crippen LogP contribution in [0.4, 0.5) is 17.1 Å². The highest BCUT2D eigenvalue weighted by Crippen LogP contribution is 2.28. The molecule has 0 bridgehead atoms. The minimum Gasteiger partial charge on any atom is -0.324 e. The predicted octanol–water partition coefficient (Wildman–Crippen LogP) is 3.14. The normalized spacial score (nSPS) is 14.1. The number of aryl methyl sites for hydroxylation is 3. The second-order valence-electron chi connectivity index (χ2n) is 7.76. The number of carbonyl (C=O) groups excluding carboxylic acids is 2. The van der Waals surface area contributed by atoms with Crippen LogP contribution < -0.4 is 14.5 Å². The highest BCUT2D eigenvalue weighted by atomic mass is 32.2. The monoisotopic (exact) mass is 429 g/mol. The molecule has 8 heteroatoms. The molecule has 0 atom stereocenters. The Balaban J connectivity index is 1.82. The van der Waals surface area contributed by atoms with E-state index in [9.17, 15) is 18.0 Å². The lowest BCUT2D eigenvalue weighted by molar-refractivity contribution is -0.117. The zero-order chi connectivity index (χ0) is 22.1. The molecule has 0 saturated carbocycles. The van der Waals surface area contributed by atoms with E-state index in [2.05, 4.69) is 5.32 Å². The first-order valence-corrected chi connectivity index (χ1v) is 11.7. The number of nitrogens with one attached hydrogen (secondary N) is 1. The molecule has 2 amide bonds. The molecule has 0 unspecified atom stereocenters. The zero-order valence-electron chi connectivity index (χ0n) is 17.7. The molecule has 1 fully saturated rings. The second-order valence-corrected chi connectivity index (χ2v) is 9.66. The Kier molecular flexibility index (Phi) is 6.17. The molecule has 2 aromatic carbocycles. The van der Waals surface area contributed by atoms with Gasteiger partial charge in [0.05, 0.1) is 11.9 Å². The van der Waals surface area contributed by atoms with Crippen LogP contribution in [-0.4, -0.2) is 39.6 Å². The number of nitrogens with zero attached hydrogens (tertiary/aromatic N) is 2. The van der Waals surface area contributed by atoms with Crippen molar-refractivity contribution in [2.75, 3.05) is 33.9 Å². The molecule has 0 aromatic heterocycles. The molecule has 3 rings (SSSR count). The lowest BCUT2D eigenvalue weighted by Gasteiger charge is -2.24. The van der Waals surface area contributed by atoms with E-state index >= 15 is 0 Å². The number of carbonyl (C=O) groups is 2. The first-order chi connectivity index (χ1) is 14.1. The number of anilines is 3. The van der Waals surface area contributed by atoms with Crippen LogP contribution in [0.15, 0.2) is 36.4 Å². The fourth-order valence-electron chi connectivity index (χ4n) is 3.68. The van der Waals surface area contributed by atoms with Crippen molar-refractivity contribution in [1.29, 1.82) is 0 Å². The van der Waals surface area contributed by atoms with E-state index < -0.39 is 15.9 Å². The third-order valence-electron chi connectivity index (χ3n) is 5.17. The Bertz CT molecular complexity index is 1100. The van der Waals surface area contributed by atoms with Gasteiger partial charge in [-0.05, 0) is 56.5 Å². The number of amides is 2. The summed E-state index contributed by atoms with van der Waals surface area (Å²) in [6.07, 6.45) is 2.42. The minimum atomic E-state index is -3.66. The summed E-state index contributed by atoms with van der Waals surface area (Å²) >= 11 is 0. The molecule has 1 aliphatic rings. The number of rotatable bonds is 6. The highest BCUT2D eigenvalue weighted by Gasteiger charge is 2.25. The molecule has 1 heterocycles. The molecule has 160 valence electrons.